The van der Waals surface area contributed by atoms with Gasteiger partial charge in [-0.1, -0.05) is 6.07 Å². The summed E-state index contributed by atoms with van der Waals surface area (Å²) in [5, 5.41) is 8.74. The topological polar surface area (TPSA) is 96.0 Å². The molecular formula is C14H12FN3O2S. The zero-order valence-corrected chi connectivity index (χ0v) is 11.9. The average Bonchev–Trinajstić information content (AvgIpc) is 2.43. The Morgan fingerprint density at radius 1 is 1.24 bits per heavy atom. The van der Waals surface area contributed by atoms with Crippen LogP contribution in [0.15, 0.2) is 41.3 Å². The highest BCUT2D eigenvalue weighted by atomic mass is 32.2. The first-order chi connectivity index (χ1) is 9.83. The van der Waals surface area contributed by atoms with Gasteiger partial charge in [-0.2, -0.15) is 5.26 Å². The van der Waals surface area contributed by atoms with Crippen LogP contribution in [0, 0.1) is 24.1 Å². The molecule has 0 bridgehead atoms. The Kier molecular flexibility index (Phi) is 3.82. The van der Waals surface area contributed by atoms with Crippen LogP contribution in [0.4, 0.5) is 15.8 Å². The van der Waals surface area contributed by atoms with E-state index in [2.05, 4.69) is 4.72 Å². The van der Waals surface area contributed by atoms with Crippen molar-refractivity contribution in [3.05, 3.63) is 53.3 Å². The number of nitrogens with one attached hydrogen (secondary N) is 1. The van der Waals surface area contributed by atoms with E-state index in [0.29, 0.717) is 5.69 Å². The summed E-state index contributed by atoms with van der Waals surface area (Å²) in [5.41, 5.74) is 6.68. The van der Waals surface area contributed by atoms with E-state index < -0.39 is 15.8 Å². The molecule has 2 aromatic carbocycles. The number of hydrogen-bond acceptors (Lipinski definition) is 4. The van der Waals surface area contributed by atoms with Crippen LogP contribution in [0.25, 0.3) is 0 Å². The summed E-state index contributed by atoms with van der Waals surface area (Å²) in [4.78, 5) is -0.00608. The van der Waals surface area contributed by atoms with Gasteiger partial charge in [-0.15, -0.1) is 0 Å². The molecule has 2 rings (SSSR count). The van der Waals surface area contributed by atoms with E-state index in [0.717, 1.165) is 17.7 Å². The second-order valence-electron chi connectivity index (χ2n) is 4.43. The Labute approximate surface area is 121 Å². The number of nitrogens with zero attached hydrogens (tertiary/aromatic N) is 1. The van der Waals surface area contributed by atoms with Gasteiger partial charge in [0.1, 0.15) is 11.9 Å². The first-order valence-corrected chi connectivity index (χ1v) is 7.40. The van der Waals surface area contributed by atoms with Gasteiger partial charge >= 0.3 is 0 Å². The Hall–Kier alpha value is -2.59. The number of hydrogen-bond donors (Lipinski definition) is 2. The monoisotopic (exact) mass is 305 g/mol. The predicted molar refractivity (Wildman–Crippen MR) is 77.5 cm³/mol. The minimum Gasteiger partial charge on any atom is -0.398 e. The highest BCUT2D eigenvalue weighted by molar-refractivity contribution is 7.92. The molecule has 0 spiro atoms. The molecule has 3 N–H and O–H groups in total. The molecule has 0 saturated heterocycles. The number of nitriles is 1. The molecule has 0 aliphatic heterocycles. The minimum absolute atomic E-state index is 0.00608. The Balaban J connectivity index is 2.37. The van der Waals surface area contributed by atoms with Gasteiger partial charge in [0.25, 0.3) is 10.0 Å². The third kappa shape index (κ3) is 3.12. The molecule has 0 unspecified atom stereocenters. The third-order valence-electron chi connectivity index (χ3n) is 2.90. The lowest BCUT2D eigenvalue weighted by Gasteiger charge is -2.10. The summed E-state index contributed by atoms with van der Waals surface area (Å²) in [6, 6.07) is 9.40. The second-order valence-corrected chi connectivity index (χ2v) is 6.11. The van der Waals surface area contributed by atoms with Crippen LogP contribution >= 0.6 is 0 Å². The van der Waals surface area contributed by atoms with Crippen molar-refractivity contribution in [2.24, 2.45) is 0 Å². The maximum absolute atomic E-state index is 13.2. The van der Waals surface area contributed by atoms with Gasteiger partial charge in [-0.3, -0.25) is 4.72 Å². The molecular weight excluding hydrogens is 293 g/mol. The molecule has 0 radical (unpaired) electrons. The molecule has 0 amide bonds. The van der Waals surface area contributed by atoms with E-state index in [1.165, 1.54) is 18.2 Å². The van der Waals surface area contributed by atoms with Gasteiger partial charge < -0.3 is 5.73 Å². The number of benzene rings is 2. The number of sulfonamides is 1. The number of nitrogen functional groups attached to an aromatic ring is 1. The SMILES string of the molecule is Cc1ccc(S(=O)(=O)Nc2ccc(F)c(C#N)c2)cc1N. The molecule has 0 aliphatic rings. The van der Waals surface area contributed by atoms with Crippen LogP contribution in [0.1, 0.15) is 11.1 Å². The van der Waals surface area contributed by atoms with Crippen LogP contribution in [-0.4, -0.2) is 8.42 Å². The number of halogens is 1. The Morgan fingerprint density at radius 3 is 2.57 bits per heavy atom. The van der Waals surface area contributed by atoms with Crippen molar-refractivity contribution in [2.45, 2.75) is 11.8 Å². The maximum Gasteiger partial charge on any atom is 0.261 e. The highest BCUT2D eigenvalue weighted by Crippen LogP contribution is 2.21. The van der Waals surface area contributed by atoms with Crippen molar-refractivity contribution in [3.63, 3.8) is 0 Å². The van der Waals surface area contributed by atoms with Crippen molar-refractivity contribution in [2.75, 3.05) is 10.5 Å². The third-order valence-corrected chi connectivity index (χ3v) is 4.28. The van der Waals surface area contributed by atoms with E-state index in [9.17, 15) is 12.8 Å². The van der Waals surface area contributed by atoms with E-state index in [1.54, 1.807) is 19.1 Å². The molecule has 21 heavy (non-hydrogen) atoms. The van der Waals surface area contributed by atoms with E-state index in [4.69, 9.17) is 11.0 Å². The molecule has 108 valence electrons. The minimum atomic E-state index is -3.85. The summed E-state index contributed by atoms with van der Waals surface area (Å²) in [7, 11) is -3.85. The molecule has 0 fully saturated rings. The van der Waals surface area contributed by atoms with Gasteiger partial charge in [-0.25, -0.2) is 12.8 Å². The highest BCUT2D eigenvalue weighted by Gasteiger charge is 2.16. The number of rotatable bonds is 3. The molecule has 0 saturated carbocycles. The van der Waals surface area contributed by atoms with Gasteiger partial charge in [0.05, 0.1) is 16.1 Å². The van der Waals surface area contributed by atoms with E-state index in [-0.39, 0.29) is 16.1 Å². The van der Waals surface area contributed by atoms with Gasteiger partial charge in [0.2, 0.25) is 0 Å². The fourth-order valence-corrected chi connectivity index (χ4v) is 2.76. The number of anilines is 2. The van der Waals surface area contributed by atoms with Crippen molar-refractivity contribution < 1.29 is 12.8 Å². The molecule has 0 aromatic heterocycles. The van der Waals surface area contributed by atoms with Crippen molar-refractivity contribution in [1.29, 1.82) is 5.26 Å². The fourth-order valence-electron chi connectivity index (χ4n) is 1.67. The van der Waals surface area contributed by atoms with Crippen LogP contribution < -0.4 is 10.5 Å². The average molecular weight is 305 g/mol. The van der Waals surface area contributed by atoms with E-state index >= 15 is 0 Å². The van der Waals surface area contributed by atoms with Gasteiger partial charge in [0, 0.05) is 5.69 Å². The first kappa shape index (κ1) is 14.8. The Morgan fingerprint density at radius 2 is 1.95 bits per heavy atom. The number of aryl methyl sites for hydroxylation is 1. The van der Waals surface area contributed by atoms with Gasteiger partial charge in [0.15, 0.2) is 0 Å². The quantitative estimate of drug-likeness (QED) is 0.851. The molecule has 2 aromatic rings. The standard InChI is InChI=1S/C14H12FN3O2S/c1-9-2-4-12(7-14(9)17)21(19,20)18-11-3-5-13(15)10(6-11)8-16/h2-7,18H,17H2,1H3. The lowest BCUT2D eigenvalue weighted by molar-refractivity contribution is 0.601. The molecule has 7 heteroatoms. The van der Waals surface area contributed by atoms with Gasteiger partial charge in [-0.05, 0) is 42.8 Å². The van der Waals surface area contributed by atoms with Crippen molar-refractivity contribution in [3.8, 4) is 6.07 Å². The summed E-state index contributed by atoms with van der Waals surface area (Å²) < 4.78 is 39.9. The fraction of sp³-hybridized carbons (Fsp3) is 0.0714. The molecule has 0 aliphatic carbocycles. The summed E-state index contributed by atoms with van der Waals surface area (Å²) in [5.74, 6) is -0.708. The first-order valence-electron chi connectivity index (χ1n) is 5.92. The van der Waals surface area contributed by atoms with Crippen LogP contribution in [-0.2, 0) is 10.0 Å². The normalized spacial score (nSPS) is 10.9. The summed E-state index contributed by atoms with van der Waals surface area (Å²) >= 11 is 0. The Bertz CT molecular complexity index is 842. The summed E-state index contributed by atoms with van der Waals surface area (Å²) in [6.07, 6.45) is 0. The lowest BCUT2D eigenvalue weighted by Crippen LogP contribution is -2.13. The maximum atomic E-state index is 13.2. The zero-order valence-electron chi connectivity index (χ0n) is 11.1. The summed E-state index contributed by atoms with van der Waals surface area (Å²) in [6.45, 7) is 1.76. The lowest BCUT2D eigenvalue weighted by atomic mass is 10.2. The molecule has 5 nitrogen and oxygen atoms in total. The van der Waals surface area contributed by atoms with Crippen molar-refractivity contribution >= 4 is 21.4 Å². The van der Waals surface area contributed by atoms with E-state index in [1.807, 2.05) is 0 Å². The largest absolute Gasteiger partial charge is 0.398 e. The second kappa shape index (κ2) is 5.42. The van der Waals surface area contributed by atoms with Crippen LogP contribution in [0.3, 0.4) is 0 Å². The molecule has 0 atom stereocenters. The molecule has 0 heterocycles. The van der Waals surface area contributed by atoms with Crippen LogP contribution in [0.5, 0.6) is 0 Å². The smallest absolute Gasteiger partial charge is 0.261 e. The number of nitrogens with two attached hydrogens (primary N) is 1. The van der Waals surface area contributed by atoms with Crippen LogP contribution in [0.2, 0.25) is 0 Å². The zero-order chi connectivity index (χ0) is 15.6. The van der Waals surface area contributed by atoms with Crippen molar-refractivity contribution in [1.82, 2.24) is 0 Å². The predicted octanol–water partition coefficient (Wildman–Crippen LogP) is 2.39.